The van der Waals surface area contributed by atoms with Crippen LogP contribution in [-0.2, 0) is 20.0 Å². The Morgan fingerprint density at radius 1 is 1.37 bits per heavy atom. The molecule has 0 heterocycles. The van der Waals surface area contributed by atoms with Crippen molar-refractivity contribution in [3.05, 3.63) is 23.8 Å². The summed E-state index contributed by atoms with van der Waals surface area (Å²) in [4.78, 5) is 11.1. The number of hydrogen-bond acceptors (Lipinski definition) is 4. The zero-order chi connectivity index (χ0) is 14.8. The van der Waals surface area contributed by atoms with Crippen LogP contribution in [0.15, 0.2) is 23.1 Å². The molecule has 0 bridgehead atoms. The van der Waals surface area contributed by atoms with Gasteiger partial charge in [0.1, 0.15) is 5.75 Å². The third-order valence-electron chi connectivity index (χ3n) is 2.88. The van der Waals surface area contributed by atoms with Crippen LogP contribution < -0.4 is 4.74 Å². The van der Waals surface area contributed by atoms with Gasteiger partial charge < -0.3 is 9.84 Å². The summed E-state index contributed by atoms with van der Waals surface area (Å²) in [6.07, 6.45) is 0.915. The SMILES string of the molecule is COc1cccc(S(C)(=O)=O)c1C(C)(C)CC(=O)O. The quantitative estimate of drug-likeness (QED) is 0.893. The summed E-state index contributed by atoms with van der Waals surface area (Å²) in [5.41, 5.74) is -0.445. The van der Waals surface area contributed by atoms with E-state index in [0.717, 1.165) is 6.26 Å². The van der Waals surface area contributed by atoms with Crippen LogP contribution in [0.5, 0.6) is 5.75 Å². The van der Waals surface area contributed by atoms with Gasteiger partial charge in [0.25, 0.3) is 0 Å². The maximum absolute atomic E-state index is 11.9. The highest BCUT2D eigenvalue weighted by Gasteiger charge is 2.32. The minimum Gasteiger partial charge on any atom is -0.496 e. The number of methoxy groups -OCH3 is 1. The largest absolute Gasteiger partial charge is 0.496 e. The summed E-state index contributed by atoms with van der Waals surface area (Å²) < 4.78 is 28.9. The smallest absolute Gasteiger partial charge is 0.304 e. The predicted octanol–water partition coefficient (Wildman–Crippen LogP) is 1.85. The number of aliphatic carboxylic acids is 1. The fourth-order valence-corrected chi connectivity index (χ4v) is 3.20. The molecular weight excluding hydrogens is 268 g/mol. The summed E-state index contributed by atoms with van der Waals surface area (Å²) in [5.74, 6) is -0.607. The van der Waals surface area contributed by atoms with E-state index >= 15 is 0 Å². The normalized spacial score (nSPS) is 12.2. The fourth-order valence-electron chi connectivity index (χ4n) is 2.12. The first-order chi connectivity index (χ1) is 8.59. The fraction of sp³-hybridized carbons (Fsp3) is 0.462. The average Bonchev–Trinajstić information content (AvgIpc) is 2.25. The molecule has 1 aromatic rings. The molecule has 0 spiro atoms. The second-order valence-corrected chi connectivity index (χ2v) is 7.04. The molecule has 0 amide bonds. The van der Waals surface area contributed by atoms with E-state index in [1.54, 1.807) is 26.0 Å². The van der Waals surface area contributed by atoms with Gasteiger partial charge in [0.15, 0.2) is 9.84 Å². The van der Waals surface area contributed by atoms with Crippen LogP contribution in [-0.4, -0.2) is 32.9 Å². The van der Waals surface area contributed by atoms with Crippen LogP contribution in [0.2, 0.25) is 0 Å². The number of rotatable bonds is 5. The Kier molecular flexibility index (Phi) is 4.25. The van der Waals surface area contributed by atoms with Crippen LogP contribution in [0.25, 0.3) is 0 Å². The van der Waals surface area contributed by atoms with E-state index in [4.69, 9.17) is 9.84 Å². The molecule has 0 fully saturated rings. The van der Waals surface area contributed by atoms with E-state index in [9.17, 15) is 13.2 Å². The lowest BCUT2D eigenvalue weighted by Crippen LogP contribution is -2.25. The standard InChI is InChI=1S/C13H18O5S/c1-13(2,8-11(14)15)12-9(18-3)6-5-7-10(12)19(4,16)17/h5-7H,8H2,1-4H3,(H,14,15). The van der Waals surface area contributed by atoms with Crippen LogP contribution in [0, 0.1) is 0 Å². The van der Waals surface area contributed by atoms with Gasteiger partial charge in [-0.15, -0.1) is 0 Å². The first-order valence-corrected chi connectivity index (χ1v) is 7.58. The van der Waals surface area contributed by atoms with Gasteiger partial charge in [-0.1, -0.05) is 19.9 Å². The second kappa shape index (κ2) is 5.21. The van der Waals surface area contributed by atoms with Crippen molar-refractivity contribution < 1.29 is 23.1 Å². The van der Waals surface area contributed by atoms with Gasteiger partial charge in [-0.2, -0.15) is 0 Å². The van der Waals surface area contributed by atoms with E-state index < -0.39 is 21.2 Å². The van der Waals surface area contributed by atoms with Crippen LogP contribution in [0.3, 0.4) is 0 Å². The molecule has 0 atom stereocenters. The highest BCUT2D eigenvalue weighted by atomic mass is 32.2. The van der Waals surface area contributed by atoms with Gasteiger partial charge in [0.2, 0.25) is 0 Å². The molecule has 1 aromatic carbocycles. The molecule has 6 heteroatoms. The highest BCUT2D eigenvalue weighted by Crippen LogP contribution is 2.38. The van der Waals surface area contributed by atoms with E-state index in [-0.39, 0.29) is 11.3 Å². The Labute approximate surface area is 113 Å². The zero-order valence-electron chi connectivity index (χ0n) is 11.4. The number of ether oxygens (including phenoxy) is 1. The Bertz CT molecular complexity index is 587. The lowest BCUT2D eigenvalue weighted by atomic mass is 9.81. The maximum Gasteiger partial charge on any atom is 0.304 e. The third kappa shape index (κ3) is 3.47. The Balaban J connectivity index is 3.59. The van der Waals surface area contributed by atoms with Gasteiger partial charge in [0, 0.05) is 17.2 Å². The van der Waals surface area contributed by atoms with E-state index in [1.807, 2.05) is 0 Å². The minimum atomic E-state index is -3.46. The summed E-state index contributed by atoms with van der Waals surface area (Å²) >= 11 is 0. The molecular formula is C13H18O5S. The zero-order valence-corrected chi connectivity index (χ0v) is 12.2. The summed E-state index contributed by atoms with van der Waals surface area (Å²) in [6.45, 7) is 3.38. The van der Waals surface area contributed by atoms with E-state index in [2.05, 4.69) is 0 Å². The summed E-state index contributed by atoms with van der Waals surface area (Å²) in [6, 6.07) is 4.68. The molecule has 1 N–H and O–H groups in total. The number of benzene rings is 1. The molecule has 0 aliphatic rings. The van der Waals surface area contributed by atoms with Crippen LogP contribution >= 0.6 is 0 Å². The predicted molar refractivity (Wildman–Crippen MR) is 71.4 cm³/mol. The van der Waals surface area contributed by atoms with Crippen molar-refractivity contribution in [1.29, 1.82) is 0 Å². The van der Waals surface area contributed by atoms with E-state index in [1.165, 1.54) is 13.2 Å². The number of carboxylic acid groups (broad SMARTS) is 1. The molecule has 0 unspecified atom stereocenters. The van der Waals surface area contributed by atoms with Crippen LogP contribution in [0.1, 0.15) is 25.8 Å². The molecule has 19 heavy (non-hydrogen) atoms. The monoisotopic (exact) mass is 286 g/mol. The molecule has 106 valence electrons. The molecule has 1 rings (SSSR count). The first kappa shape index (κ1) is 15.5. The van der Waals surface area contributed by atoms with Crippen molar-refractivity contribution in [2.75, 3.05) is 13.4 Å². The number of hydrogen-bond donors (Lipinski definition) is 1. The topological polar surface area (TPSA) is 80.7 Å². The Morgan fingerprint density at radius 2 is 1.95 bits per heavy atom. The third-order valence-corrected chi connectivity index (χ3v) is 4.02. The number of carboxylic acids is 1. The van der Waals surface area contributed by atoms with Gasteiger partial charge in [-0.3, -0.25) is 4.79 Å². The lowest BCUT2D eigenvalue weighted by Gasteiger charge is -2.27. The molecule has 0 radical (unpaired) electrons. The number of sulfone groups is 1. The van der Waals surface area contributed by atoms with Gasteiger partial charge in [0.05, 0.1) is 18.4 Å². The molecule has 5 nitrogen and oxygen atoms in total. The Morgan fingerprint density at radius 3 is 2.37 bits per heavy atom. The van der Waals surface area contributed by atoms with Gasteiger partial charge >= 0.3 is 5.97 Å². The van der Waals surface area contributed by atoms with Crippen molar-refractivity contribution in [3.63, 3.8) is 0 Å². The van der Waals surface area contributed by atoms with Crippen LogP contribution in [0.4, 0.5) is 0 Å². The maximum atomic E-state index is 11.9. The summed E-state index contributed by atoms with van der Waals surface area (Å²) in [5, 5.41) is 8.98. The minimum absolute atomic E-state index is 0.109. The first-order valence-electron chi connectivity index (χ1n) is 5.69. The van der Waals surface area contributed by atoms with Crippen molar-refractivity contribution in [3.8, 4) is 5.75 Å². The second-order valence-electron chi connectivity index (χ2n) is 5.06. The summed E-state index contributed by atoms with van der Waals surface area (Å²) in [7, 11) is -2.03. The number of carbonyl (C=O) groups is 1. The molecule has 0 aliphatic carbocycles. The van der Waals surface area contributed by atoms with Crippen molar-refractivity contribution >= 4 is 15.8 Å². The van der Waals surface area contributed by atoms with Crippen molar-refractivity contribution in [1.82, 2.24) is 0 Å². The molecule has 0 aromatic heterocycles. The molecule has 0 saturated heterocycles. The van der Waals surface area contributed by atoms with Gasteiger partial charge in [-0.25, -0.2) is 8.42 Å². The van der Waals surface area contributed by atoms with Crippen molar-refractivity contribution in [2.24, 2.45) is 0 Å². The van der Waals surface area contributed by atoms with Crippen molar-refractivity contribution in [2.45, 2.75) is 30.6 Å². The molecule has 0 saturated carbocycles. The van der Waals surface area contributed by atoms with Gasteiger partial charge in [-0.05, 0) is 12.1 Å². The highest BCUT2D eigenvalue weighted by molar-refractivity contribution is 7.90. The lowest BCUT2D eigenvalue weighted by molar-refractivity contribution is -0.138. The van der Waals surface area contributed by atoms with E-state index in [0.29, 0.717) is 11.3 Å². The average molecular weight is 286 g/mol. The Hall–Kier alpha value is -1.56. The molecule has 0 aliphatic heterocycles.